The van der Waals surface area contributed by atoms with Crippen LogP contribution < -0.4 is 26.6 Å². The second-order valence-corrected chi connectivity index (χ2v) is 18.8. The summed E-state index contributed by atoms with van der Waals surface area (Å²) in [5.41, 5.74) is -2.89. The van der Waals surface area contributed by atoms with E-state index < -0.39 is 152 Å². The standard InChI is InChI=1S/C40H66F3N5O17/c1-11-12-22(50)30(54)45-20-15-21(47-36(58)65-39(8,9)10)29(27(53)28(20)62-32-26(52)24(25(51)23(17-49)60-32)48-33(55)40(41,42)43)61-31-19(46-35(57)64-38(5,6)7)14-13-18(59-31)16-44-34(56)63-37(2,3)4/h13-14,18-29,31-32,49-53H,11-12,15-17H2,1-10H3,(H,44,56)(H,45,54)(H,46,57)(H,47,58)(H,48,55)/t18?,19?,20-,21+,22+,23?,24+,25-,26?,27?,28+,29?,31-,32-/m1/s1. The normalized spacial score (nSPS) is 31.4. The first-order valence-corrected chi connectivity index (χ1v) is 21.1. The highest BCUT2D eigenvalue weighted by Gasteiger charge is 2.54. The maximum Gasteiger partial charge on any atom is 0.471 e. The van der Waals surface area contributed by atoms with Crippen LogP contribution in [0.3, 0.4) is 0 Å². The van der Waals surface area contributed by atoms with E-state index in [1.165, 1.54) is 17.5 Å². The molecule has 0 bridgehead atoms. The lowest BCUT2D eigenvalue weighted by Gasteiger charge is -2.49. The Balaban J connectivity index is 2.13. The Morgan fingerprint density at radius 2 is 1.23 bits per heavy atom. The summed E-state index contributed by atoms with van der Waals surface area (Å²) in [7, 11) is 0. The van der Waals surface area contributed by atoms with E-state index >= 15 is 0 Å². The van der Waals surface area contributed by atoms with Crippen LogP contribution in [-0.2, 0) is 42.7 Å². The first-order valence-electron chi connectivity index (χ1n) is 21.1. The molecule has 1 saturated heterocycles. The quantitative estimate of drug-likeness (QED) is 0.0824. The van der Waals surface area contributed by atoms with Gasteiger partial charge in [0.2, 0.25) is 5.91 Å². The van der Waals surface area contributed by atoms with E-state index in [-0.39, 0.29) is 13.0 Å². The highest BCUT2D eigenvalue weighted by molar-refractivity contribution is 5.82. The summed E-state index contributed by atoms with van der Waals surface area (Å²) in [4.78, 5) is 64.2. The number of ether oxygens (including phenoxy) is 7. The summed E-state index contributed by atoms with van der Waals surface area (Å²) in [6.07, 6.45) is -23.7. The summed E-state index contributed by atoms with van der Waals surface area (Å²) in [5.74, 6) is -3.55. The molecule has 3 aliphatic rings. The number of rotatable bonds is 14. The van der Waals surface area contributed by atoms with Gasteiger partial charge in [0.15, 0.2) is 12.6 Å². The van der Waals surface area contributed by atoms with Crippen molar-refractivity contribution in [1.29, 1.82) is 0 Å². The summed E-state index contributed by atoms with van der Waals surface area (Å²) in [6, 6.07) is -6.25. The number of alkyl carbamates (subject to hydrolysis) is 3. The van der Waals surface area contributed by atoms with Crippen molar-refractivity contribution in [3.63, 3.8) is 0 Å². The number of carbonyl (C=O) groups excluding carboxylic acids is 5. The summed E-state index contributed by atoms with van der Waals surface area (Å²) < 4.78 is 80.3. The van der Waals surface area contributed by atoms with Gasteiger partial charge in [-0.2, -0.15) is 13.2 Å². The van der Waals surface area contributed by atoms with Crippen molar-refractivity contribution in [2.75, 3.05) is 13.2 Å². The van der Waals surface area contributed by atoms with Crippen LogP contribution in [0.25, 0.3) is 0 Å². The number of carbonyl (C=O) groups is 5. The third-order valence-electron chi connectivity index (χ3n) is 9.56. The minimum absolute atomic E-state index is 0.0262. The molecule has 5 amide bonds. The lowest BCUT2D eigenvalue weighted by Crippen LogP contribution is -2.70. The van der Waals surface area contributed by atoms with Crippen LogP contribution in [0, 0.1) is 0 Å². The molecule has 0 aromatic heterocycles. The van der Waals surface area contributed by atoms with Gasteiger partial charge < -0.3 is 85.3 Å². The van der Waals surface area contributed by atoms with Gasteiger partial charge in [0.1, 0.15) is 65.6 Å². The van der Waals surface area contributed by atoms with E-state index in [4.69, 9.17) is 33.2 Å². The minimum atomic E-state index is -5.48. The zero-order valence-corrected chi connectivity index (χ0v) is 38.0. The molecule has 0 spiro atoms. The Morgan fingerprint density at radius 3 is 1.75 bits per heavy atom. The fourth-order valence-electron chi connectivity index (χ4n) is 6.82. The Hall–Kier alpha value is -4.08. The summed E-state index contributed by atoms with van der Waals surface area (Å²) in [6.45, 7) is 14.9. The molecule has 6 unspecified atom stereocenters. The average molecular weight is 946 g/mol. The molecule has 3 rings (SSSR count). The zero-order valence-electron chi connectivity index (χ0n) is 38.0. The van der Waals surface area contributed by atoms with E-state index in [0.717, 1.165) is 0 Å². The predicted molar refractivity (Wildman–Crippen MR) is 217 cm³/mol. The van der Waals surface area contributed by atoms with E-state index in [0.29, 0.717) is 6.42 Å². The summed E-state index contributed by atoms with van der Waals surface area (Å²) in [5, 5.41) is 66.6. The van der Waals surface area contributed by atoms with Crippen molar-refractivity contribution >= 4 is 30.1 Å². The minimum Gasteiger partial charge on any atom is -0.444 e. The lowest BCUT2D eigenvalue weighted by atomic mass is 9.83. The Labute approximate surface area is 374 Å². The SMILES string of the molecule is CCC[C@H](O)C(=O)N[C@@H]1C[C@H](NC(=O)OC(C)(C)C)C(O[C@H]2OC(CNC(=O)OC(C)(C)C)C=CC2NC(=O)OC(C)(C)C)C(O)[C@H]1O[C@H]1OC(CO)[C@@H](O)[C@H](NC(=O)C(F)(F)F)C1O. The van der Waals surface area contributed by atoms with Crippen molar-refractivity contribution in [1.82, 2.24) is 26.6 Å². The number of nitrogens with one attached hydrogen (secondary N) is 5. The first kappa shape index (κ1) is 55.2. The Kier molecular flexibility index (Phi) is 19.2. The molecule has 14 atom stereocenters. The van der Waals surface area contributed by atoms with Gasteiger partial charge in [-0.3, -0.25) is 9.59 Å². The smallest absolute Gasteiger partial charge is 0.444 e. The van der Waals surface area contributed by atoms with Gasteiger partial charge in [0, 0.05) is 0 Å². The highest BCUT2D eigenvalue weighted by atomic mass is 19.4. The average Bonchev–Trinajstić information content (AvgIpc) is 3.14. The molecule has 0 aromatic rings. The number of aliphatic hydroxyl groups is 5. The predicted octanol–water partition coefficient (Wildman–Crippen LogP) is 0.246. The Bertz CT molecular complexity index is 1650. The van der Waals surface area contributed by atoms with Crippen LogP contribution in [0.1, 0.15) is 88.5 Å². The monoisotopic (exact) mass is 945 g/mol. The van der Waals surface area contributed by atoms with Crippen LogP contribution in [0.5, 0.6) is 0 Å². The molecule has 22 nitrogen and oxygen atoms in total. The number of aliphatic hydroxyl groups excluding tert-OH is 5. The molecule has 10 N–H and O–H groups in total. The molecule has 0 radical (unpaired) electrons. The van der Waals surface area contributed by atoms with Gasteiger partial charge >= 0.3 is 30.4 Å². The lowest BCUT2D eigenvalue weighted by molar-refractivity contribution is -0.315. The number of amides is 5. The van der Waals surface area contributed by atoms with Crippen LogP contribution >= 0.6 is 0 Å². The Morgan fingerprint density at radius 1 is 0.708 bits per heavy atom. The molecule has 2 heterocycles. The molecule has 0 aromatic carbocycles. The molecule has 2 aliphatic heterocycles. The molecule has 65 heavy (non-hydrogen) atoms. The maximum absolute atomic E-state index is 13.4. The largest absolute Gasteiger partial charge is 0.471 e. The van der Waals surface area contributed by atoms with E-state index in [9.17, 15) is 62.7 Å². The topological polar surface area (TPSA) is 311 Å². The van der Waals surface area contributed by atoms with Crippen LogP contribution in [0.2, 0.25) is 0 Å². The second kappa shape index (κ2) is 22.6. The van der Waals surface area contributed by atoms with Gasteiger partial charge in [-0.15, -0.1) is 0 Å². The third kappa shape index (κ3) is 17.3. The van der Waals surface area contributed by atoms with Crippen molar-refractivity contribution in [2.24, 2.45) is 0 Å². The van der Waals surface area contributed by atoms with E-state index in [1.807, 2.05) is 0 Å². The third-order valence-corrected chi connectivity index (χ3v) is 9.56. The maximum atomic E-state index is 13.4. The zero-order chi connectivity index (χ0) is 49.4. The number of alkyl halides is 3. The number of hydrogen-bond donors (Lipinski definition) is 10. The molecule has 374 valence electrons. The molecule has 2 fully saturated rings. The van der Waals surface area contributed by atoms with Gasteiger partial charge in [0.25, 0.3) is 0 Å². The molecular formula is C40H66F3N5O17. The van der Waals surface area contributed by atoms with Gasteiger partial charge in [-0.25, -0.2) is 14.4 Å². The highest BCUT2D eigenvalue weighted by Crippen LogP contribution is 2.33. The van der Waals surface area contributed by atoms with Gasteiger partial charge in [-0.05, 0) is 75.2 Å². The fourth-order valence-corrected chi connectivity index (χ4v) is 6.82. The fraction of sp³-hybridized carbons (Fsp3) is 0.825. The molecular weight excluding hydrogens is 879 g/mol. The van der Waals surface area contributed by atoms with E-state index in [2.05, 4.69) is 21.3 Å². The van der Waals surface area contributed by atoms with Crippen LogP contribution in [0.15, 0.2) is 12.2 Å². The molecule has 1 aliphatic carbocycles. The second-order valence-electron chi connectivity index (χ2n) is 18.8. The van der Waals surface area contributed by atoms with Crippen molar-refractivity contribution < 1.29 is 95.8 Å². The van der Waals surface area contributed by atoms with Gasteiger partial charge in [-0.1, -0.05) is 25.5 Å². The summed E-state index contributed by atoms with van der Waals surface area (Å²) >= 11 is 0. The first-order chi connectivity index (χ1) is 29.8. The molecule has 25 heteroatoms. The van der Waals surface area contributed by atoms with Crippen molar-refractivity contribution in [3.8, 4) is 0 Å². The van der Waals surface area contributed by atoms with Crippen LogP contribution in [-0.4, -0.2) is 177 Å². The van der Waals surface area contributed by atoms with E-state index in [1.54, 1.807) is 69.2 Å². The van der Waals surface area contributed by atoms with Gasteiger partial charge in [0.05, 0.1) is 37.4 Å². The molecule has 1 saturated carbocycles. The number of halogens is 3. The van der Waals surface area contributed by atoms with Crippen molar-refractivity contribution in [3.05, 3.63) is 12.2 Å². The number of hydrogen-bond acceptors (Lipinski definition) is 17. The van der Waals surface area contributed by atoms with Crippen LogP contribution in [0.4, 0.5) is 27.6 Å². The van der Waals surface area contributed by atoms with Crippen molar-refractivity contribution in [2.45, 2.75) is 197 Å².